The monoisotopic (exact) mass is 282 g/mol. The summed E-state index contributed by atoms with van der Waals surface area (Å²) in [5, 5.41) is 16.3. The normalized spacial score (nSPS) is 15.0. The highest BCUT2D eigenvalue weighted by molar-refractivity contribution is 5.84. The number of hydrogen-bond donors (Lipinski definition) is 1. The van der Waals surface area contributed by atoms with Crippen LogP contribution >= 0.6 is 0 Å². The number of aromatic nitrogens is 3. The quantitative estimate of drug-likeness (QED) is 0.846. The Balaban J connectivity index is 1.50. The van der Waals surface area contributed by atoms with Crippen LogP contribution in [0.1, 0.15) is 22.1 Å². The van der Waals surface area contributed by atoms with E-state index in [0.29, 0.717) is 6.54 Å². The summed E-state index contributed by atoms with van der Waals surface area (Å²) in [5.41, 5.74) is 0.995. The topological polar surface area (TPSA) is 71.2 Å². The maximum Gasteiger partial charge on any atom is 0.358 e. The van der Waals surface area contributed by atoms with E-state index in [4.69, 9.17) is 5.11 Å². The second kappa shape index (κ2) is 5.77. The van der Waals surface area contributed by atoms with Gasteiger partial charge >= 0.3 is 5.97 Å². The van der Waals surface area contributed by atoms with Crippen LogP contribution in [0.2, 0.25) is 0 Å². The highest BCUT2D eigenvalue weighted by Gasteiger charge is 2.28. The molecule has 0 atom stereocenters. The van der Waals surface area contributed by atoms with Crippen LogP contribution in [-0.2, 0) is 0 Å². The maximum atomic E-state index is 10.7. The molecule has 1 fully saturated rings. The number of nitrogens with zero attached hydrogens (tertiary/aromatic N) is 4. The Kier molecular flexibility index (Phi) is 3.67. The van der Waals surface area contributed by atoms with Crippen LogP contribution in [0.15, 0.2) is 36.5 Å². The molecule has 2 heterocycles. The zero-order chi connectivity index (χ0) is 14.7. The van der Waals surface area contributed by atoms with Crippen molar-refractivity contribution in [1.82, 2.24) is 19.9 Å². The van der Waals surface area contributed by atoms with Crippen molar-refractivity contribution in [2.75, 3.05) is 19.6 Å². The number of carbonyl (C=O) groups is 1. The second-order valence-electron chi connectivity index (χ2n) is 4.90. The van der Waals surface area contributed by atoms with Crippen molar-refractivity contribution in [3.05, 3.63) is 47.8 Å². The summed E-state index contributed by atoms with van der Waals surface area (Å²) >= 11 is 0. The highest BCUT2D eigenvalue weighted by atomic mass is 16.4. The zero-order valence-electron chi connectivity index (χ0n) is 11.3. The summed E-state index contributed by atoms with van der Waals surface area (Å²) in [7, 11) is 0. The van der Waals surface area contributed by atoms with Gasteiger partial charge in [-0.2, -0.15) is 0 Å². The lowest BCUT2D eigenvalue weighted by Gasteiger charge is -2.37. The molecule has 6 heteroatoms. The average Bonchev–Trinajstić information content (AvgIpc) is 2.92. The van der Waals surface area contributed by atoms with Crippen LogP contribution in [0.4, 0.5) is 0 Å². The van der Waals surface area contributed by atoms with Gasteiger partial charge in [-0.15, -0.1) is 5.10 Å². The molecule has 0 aliphatic carbocycles. The number of likely N-dealkylation sites (tertiary alicyclic amines) is 1. The van der Waals surface area contributed by atoms with E-state index in [-0.39, 0.29) is 11.7 Å². The molecule has 1 aromatic heterocycles. The van der Waals surface area contributed by atoms with Gasteiger partial charge in [0.1, 0.15) is 0 Å². The van der Waals surface area contributed by atoms with Crippen molar-refractivity contribution in [2.24, 2.45) is 0 Å². The predicted octanol–water partition coefficient (Wildman–Crippen LogP) is 0.885. The molecule has 0 amide bonds. The van der Waals surface area contributed by atoms with Gasteiger partial charge < -0.3 is 5.11 Å². The van der Waals surface area contributed by atoms with Crippen LogP contribution in [0.5, 0.6) is 0 Å². The summed E-state index contributed by atoms with van der Waals surface area (Å²) in [6.45, 7) is 2.32. The van der Waals surface area contributed by atoms with Crippen molar-refractivity contribution >= 4 is 5.97 Å². The van der Waals surface area contributed by atoms with Crippen molar-refractivity contribution in [2.45, 2.75) is 6.04 Å². The van der Waals surface area contributed by atoms with Gasteiger partial charge in [0.25, 0.3) is 0 Å². The minimum absolute atomic E-state index is 0.0164. The first-order valence-corrected chi connectivity index (χ1v) is 6.64. The van der Waals surface area contributed by atoms with Gasteiger partial charge in [0.05, 0.1) is 18.8 Å². The van der Waals surface area contributed by atoms with Gasteiger partial charge in [-0.3, -0.25) is 4.90 Å². The molecular weight excluding hydrogens is 268 g/mol. The lowest BCUT2D eigenvalue weighted by Crippen LogP contribution is -2.47. The lowest BCUT2D eigenvalue weighted by molar-refractivity contribution is 0.0690. The van der Waals surface area contributed by atoms with Crippen molar-refractivity contribution in [3.8, 4) is 11.8 Å². The molecular formula is C15H14N4O2. The zero-order valence-corrected chi connectivity index (χ0v) is 11.3. The number of carboxylic acids is 1. The number of carboxylic acid groups (broad SMARTS) is 1. The summed E-state index contributed by atoms with van der Waals surface area (Å²) < 4.78 is 1.62. The van der Waals surface area contributed by atoms with Crippen LogP contribution in [0.3, 0.4) is 0 Å². The lowest BCUT2D eigenvalue weighted by atomic mass is 10.1. The Labute approximate surface area is 122 Å². The molecule has 0 unspecified atom stereocenters. The molecule has 1 aromatic carbocycles. The minimum atomic E-state index is -1.05. The molecule has 21 heavy (non-hydrogen) atoms. The van der Waals surface area contributed by atoms with Crippen LogP contribution in [0.25, 0.3) is 0 Å². The van der Waals surface area contributed by atoms with E-state index >= 15 is 0 Å². The fraction of sp³-hybridized carbons (Fsp3) is 0.267. The molecule has 0 spiro atoms. The fourth-order valence-corrected chi connectivity index (χ4v) is 2.17. The third kappa shape index (κ3) is 3.09. The Morgan fingerprint density at radius 2 is 2.10 bits per heavy atom. The van der Waals surface area contributed by atoms with Gasteiger partial charge in [0.15, 0.2) is 5.69 Å². The Morgan fingerprint density at radius 3 is 2.76 bits per heavy atom. The largest absolute Gasteiger partial charge is 0.476 e. The Morgan fingerprint density at radius 1 is 1.33 bits per heavy atom. The minimum Gasteiger partial charge on any atom is -0.476 e. The maximum absolute atomic E-state index is 10.7. The number of aromatic carboxylic acids is 1. The summed E-state index contributed by atoms with van der Waals surface area (Å²) in [5.74, 6) is 5.20. The summed E-state index contributed by atoms with van der Waals surface area (Å²) in [4.78, 5) is 12.9. The Hall–Kier alpha value is -2.65. The predicted molar refractivity (Wildman–Crippen MR) is 75.8 cm³/mol. The molecule has 1 N–H and O–H groups in total. The first kappa shape index (κ1) is 13.3. The molecule has 1 aliphatic rings. The van der Waals surface area contributed by atoms with Crippen LogP contribution in [-0.4, -0.2) is 50.6 Å². The summed E-state index contributed by atoms with van der Waals surface area (Å²) in [6, 6.07) is 10.0. The molecule has 3 rings (SSSR count). The summed E-state index contributed by atoms with van der Waals surface area (Å²) in [6.07, 6.45) is 1.47. The number of rotatable bonds is 3. The van der Waals surface area contributed by atoms with Gasteiger partial charge in [0.2, 0.25) is 0 Å². The SMILES string of the molecule is O=C(O)c1cn(C2CN(CC#Cc3ccccc3)C2)nn1. The van der Waals surface area contributed by atoms with Crippen molar-refractivity contribution in [3.63, 3.8) is 0 Å². The average molecular weight is 282 g/mol. The molecule has 0 radical (unpaired) electrons. The highest BCUT2D eigenvalue weighted by Crippen LogP contribution is 2.19. The molecule has 1 aliphatic heterocycles. The molecule has 1 saturated heterocycles. The molecule has 0 saturated carbocycles. The van der Waals surface area contributed by atoms with E-state index in [1.165, 1.54) is 6.20 Å². The first-order valence-electron chi connectivity index (χ1n) is 6.64. The van der Waals surface area contributed by atoms with E-state index < -0.39 is 5.97 Å². The van der Waals surface area contributed by atoms with Gasteiger partial charge in [-0.1, -0.05) is 35.3 Å². The van der Waals surface area contributed by atoms with Gasteiger partial charge in [-0.05, 0) is 12.1 Å². The van der Waals surface area contributed by atoms with Crippen molar-refractivity contribution in [1.29, 1.82) is 0 Å². The fourth-order valence-electron chi connectivity index (χ4n) is 2.17. The molecule has 2 aromatic rings. The van der Waals surface area contributed by atoms with Crippen LogP contribution < -0.4 is 0 Å². The Bertz CT molecular complexity index is 693. The van der Waals surface area contributed by atoms with E-state index in [2.05, 4.69) is 27.1 Å². The third-order valence-corrected chi connectivity index (χ3v) is 3.35. The standard InChI is InChI=1S/C15H14N4O2/c20-15(21)14-11-19(17-16-14)13-9-18(10-13)8-4-7-12-5-2-1-3-6-12/h1-3,5-6,11,13H,8-10H2,(H,20,21). The number of hydrogen-bond acceptors (Lipinski definition) is 4. The van der Waals surface area contributed by atoms with Crippen molar-refractivity contribution < 1.29 is 9.90 Å². The number of benzene rings is 1. The molecule has 6 nitrogen and oxygen atoms in total. The van der Waals surface area contributed by atoms with E-state index in [9.17, 15) is 4.79 Å². The third-order valence-electron chi connectivity index (χ3n) is 3.35. The van der Waals surface area contributed by atoms with E-state index in [1.807, 2.05) is 30.3 Å². The molecule has 0 bridgehead atoms. The second-order valence-corrected chi connectivity index (χ2v) is 4.90. The first-order chi connectivity index (χ1) is 10.2. The molecule has 106 valence electrons. The van der Waals surface area contributed by atoms with E-state index in [1.54, 1.807) is 4.68 Å². The van der Waals surface area contributed by atoms with Gasteiger partial charge in [0, 0.05) is 18.7 Å². The smallest absolute Gasteiger partial charge is 0.358 e. The van der Waals surface area contributed by atoms with Gasteiger partial charge in [-0.25, -0.2) is 9.48 Å². The van der Waals surface area contributed by atoms with Crippen LogP contribution in [0, 0.1) is 11.8 Å². The van der Waals surface area contributed by atoms with E-state index in [0.717, 1.165) is 18.7 Å².